The minimum absolute atomic E-state index is 0.0737. The molecule has 0 heterocycles. The van der Waals surface area contributed by atoms with Gasteiger partial charge in [-0.1, -0.05) is 18.2 Å². The van der Waals surface area contributed by atoms with E-state index in [2.05, 4.69) is 10.6 Å². The number of benzene rings is 1. The number of nitrogens with one attached hydrogen (secondary N) is 2. The number of ether oxygens (including phenoxy) is 1. The third kappa shape index (κ3) is 5.32. The summed E-state index contributed by atoms with van der Waals surface area (Å²) in [5, 5.41) is 5.58. The quantitative estimate of drug-likeness (QED) is 0.673. The van der Waals surface area contributed by atoms with Crippen molar-refractivity contribution in [3.05, 3.63) is 35.6 Å². The van der Waals surface area contributed by atoms with Gasteiger partial charge in [-0.15, -0.1) is 0 Å². The molecule has 1 fully saturated rings. The molecule has 1 aromatic rings. The topological polar surface area (TPSA) is 67.4 Å². The maximum absolute atomic E-state index is 13.5. The number of carbonyl (C=O) groups is 2. The Morgan fingerprint density at radius 3 is 2.48 bits per heavy atom. The lowest BCUT2D eigenvalue weighted by Gasteiger charge is -2.07. The van der Waals surface area contributed by atoms with Gasteiger partial charge in [-0.25, -0.2) is 4.39 Å². The van der Waals surface area contributed by atoms with Gasteiger partial charge >= 0.3 is 0 Å². The van der Waals surface area contributed by atoms with Gasteiger partial charge in [0.15, 0.2) is 0 Å². The molecule has 2 atom stereocenters. The molecule has 126 valence electrons. The summed E-state index contributed by atoms with van der Waals surface area (Å²) in [4.78, 5) is 23.8. The Morgan fingerprint density at radius 2 is 1.83 bits per heavy atom. The molecule has 1 aliphatic rings. The first-order valence-electron chi connectivity index (χ1n) is 7.91. The molecular weight excluding hydrogens is 299 g/mol. The number of amides is 2. The smallest absolute Gasteiger partial charge is 0.223 e. The van der Waals surface area contributed by atoms with E-state index in [1.165, 1.54) is 6.07 Å². The monoisotopic (exact) mass is 322 g/mol. The molecule has 2 rings (SSSR count). The highest BCUT2D eigenvalue weighted by Crippen LogP contribution is 2.38. The van der Waals surface area contributed by atoms with Crippen LogP contribution in [0.25, 0.3) is 0 Å². The van der Waals surface area contributed by atoms with Gasteiger partial charge in [-0.05, 0) is 30.9 Å². The molecule has 0 saturated heterocycles. The van der Waals surface area contributed by atoms with E-state index in [1.807, 2.05) is 0 Å². The number of hydrogen-bond acceptors (Lipinski definition) is 3. The minimum Gasteiger partial charge on any atom is -0.385 e. The molecule has 0 radical (unpaired) electrons. The van der Waals surface area contributed by atoms with Crippen LogP contribution < -0.4 is 10.6 Å². The van der Waals surface area contributed by atoms with Gasteiger partial charge in [0.2, 0.25) is 11.8 Å². The number of hydrogen-bond donors (Lipinski definition) is 2. The van der Waals surface area contributed by atoms with Crippen molar-refractivity contribution >= 4 is 11.8 Å². The molecule has 0 aromatic heterocycles. The van der Waals surface area contributed by atoms with Gasteiger partial charge in [0, 0.05) is 26.8 Å². The van der Waals surface area contributed by atoms with Crippen molar-refractivity contribution in [1.82, 2.24) is 10.6 Å². The van der Waals surface area contributed by atoms with Crippen LogP contribution in [0.1, 0.15) is 18.4 Å². The first kappa shape index (κ1) is 17.4. The normalized spacial score (nSPS) is 19.2. The third-order valence-electron chi connectivity index (χ3n) is 3.94. The maximum Gasteiger partial charge on any atom is 0.223 e. The van der Waals surface area contributed by atoms with E-state index in [4.69, 9.17) is 4.74 Å². The van der Waals surface area contributed by atoms with Crippen LogP contribution in [0.4, 0.5) is 4.39 Å². The van der Waals surface area contributed by atoms with Crippen molar-refractivity contribution in [2.24, 2.45) is 11.8 Å². The van der Waals surface area contributed by atoms with Crippen LogP contribution in [0.3, 0.4) is 0 Å². The summed E-state index contributed by atoms with van der Waals surface area (Å²) < 4.78 is 18.4. The number of halogens is 1. The molecule has 1 aliphatic carbocycles. The summed E-state index contributed by atoms with van der Waals surface area (Å²) in [7, 11) is 1.62. The third-order valence-corrected chi connectivity index (χ3v) is 3.94. The molecule has 2 unspecified atom stereocenters. The molecule has 0 spiro atoms. The first-order valence-corrected chi connectivity index (χ1v) is 7.91. The summed E-state index contributed by atoms with van der Waals surface area (Å²) in [6.07, 6.45) is 1.79. The van der Waals surface area contributed by atoms with Crippen LogP contribution in [0, 0.1) is 17.7 Å². The van der Waals surface area contributed by atoms with Crippen molar-refractivity contribution in [1.29, 1.82) is 0 Å². The molecule has 0 bridgehead atoms. The van der Waals surface area contributed by atoms with Gasteiger partial charge in [0.05, 0.1) is 11.8 Å². The van der Waals surface area contributed by atoms with E-state index in [9.17, 15) is 14.0 Å². The van der Waals surface area contributed by atoms with E-state index in [0.717, 1.165) is 6.42 Å². The Hall–Kier alpha value is -1.95. The second-order valence-corrected chi connectivity index (χ2v) is 5.72. The zero-order valence-corrected chi connectivity index (χ0v) is 13.3. The lowest BCUT2D eigenvalue weighted by Crippen LogP contribution is -2.31. The summed E-state index contributed by atoms with van der Waals surface area (Å²) in [6.45, 7) is 1.54. The highest BCUT2D eigenvalue weighted by molar-refractivity contribution is 5.92. The fourth-order valence-corrected chi connectivity index (χ4v) is 2.49. The number of rotatable bonds is 9. The van der Waals surface area contributed by atoms with E-state index in [-0.39, 0.29) is 29.5 Å². The largest absolute Gasteiger partial charge is 0.385 e. The van der Waals surface area contributed by atoms with Gasteiger partial charge in [-0.2, -0.15) is 0 Å². The van der Waals surface area contributed by atoms with Crippen LogP contribution >= 0.6 is 0 Å². The van der Waals surface area contributed by atoms with Crippen molar-refractivity contribution in [2.45, 2.75) is 19.3 Å². The highest BCUT2D eigenvalue weighted by atomic mass is 19.1. The molecule has 1 saturated carbocycles. The zero-order valence-electron chi connectivity index (χ0n) is 13.3. The van der Waals surface area contributed by atoms with Crippen LogP contribution in [-0.4, -0.2) is 38.6 Å². The minimum atomic E-state index is -0.263. The molecule has 1 aromatic carbocycles. The number of carbonyl (C=O) groups excluding carboxylic acids is 2. The second-order valence-electron chi connectivity index (χ2n) is 5.72. The molecular formula is C17H23FN2O3. The summed E-state index contributed by atoms with van der Waals surface area (Å²) in [5.41, 5.74) is 0.580. The zero-order chi connectivity index (χ0) is 16.7. The molecule has 5 nitrogen and oxygen atoms in total. The van der Waals surface area contributed by atoms with Gasteiger partial charge in [-0.3, -0.25) is 9.59 Å². The lowest BCUT2D eigenvalue weighted by atomic mass is 10.1. The summed E-state index contributed by atoms with van der Waals surface area (Å²) >= 11 is 0. The van der Waals surface area contributed by atoms with E-state index in [0.29, 0.717) is 38.1 Å². The predicted molar refractivity (Wildman–Crippen MR) is 84.2 cm³/mol. The Kier molecular flexibility index (Phi) is 6.52. The Bertz CT molecular complexity index is 550. The Morgan fingerprint density at radius 1 is 1.17 bits per heavy atom. The predicted octanol–water partition coefficient (Wildman–Crippen LogP) is 1.27. The van der Waals surface area contributed by atoms with Crippen LogP contribution in [-0.2, 0) is 20.7 Å². The SMILES string of the molecule is COCCCNC(=O)C1CC1C(=O)NCCc1ccccc1F. The molecule has 6 heteroatoms. The Balaban J connectivity index is 1.64. The maximum atomic E-state index is 13.5. The molecule has 0 aliphatic heterocycles. The standard InChI is InChI=1S/C17H23FN2O3/c1-23-10-4-8-19-16(21)13-11-14(13)17(22)20-9-7-12-5-2-3-6-15(12)18/h2-3,5-6,13-14H,4,7-11H2,1H3,(H,19,21)(H,20,22). The Labute approximate surface area is 135 Å². The van der Waals surface area contributed by atoms with Crippen LogP contribution in [0.15, 0.2) is 24.3 Å². The van der Waals surface area contributed by atoms with Gasteiger partial charge in [0.25, 0.3) is 0 Å². The van der Waals surface area contributed by atoms with Gasteiger partial charge in [0.1, 0.15) is 5.82 Å². The first-order chi connectivity index (χ1) is 11.1. The average molecular weight is 322 g/mol. The van der Waals surface area contributed by atoms with Crippen molar-refractivity contribution in [3.63, 3.8) is 0 Å². The summed E-state index contributed by atoms with van der Waals surface area (Å²) in [5.74, 6) is -0.945. The van der Waals surface area contributed by atoms with E-state index < -0.39 is 0 Å². The van der Waals surface area contributed by atoms with Crippen molar-refractivity contribution < 1.29 is 18.7 Å². The fourth-order valence-electron chi connectivity index (χ4n) is 2.49. The number of methoxy groups -OCH3 is 1. The fraction of sp³-hybridized carbons (Fsp3) is 0.529. The molecule has 2 amide bonds. The van der Waals surface area contributed by atoms with Crippen LogP contribution in [0.5, 0.6) is 0 Å². The average Bonchev–Trinajstić information content (AvgIpc) is 3.34. The van der Waals surface area contributed by atoms with Crippen molar-refractivity contribution in [2.75, 3.05) is 26.8 Å². The highest BCUT2D eigenvalue weighted by Gasteiger charge is 2.47. The molecule has 23 heavy (non-hydrogen) atoms. The van der Waals surface area contributed by atoms with Gasteiger partial charge < -0.3 is 15.4 Å². The summed E-state index contributed by atoms with van der Waals surface area (Å²) in [6, 6.07) is 6.51. The van der Waals surface area contributed by atoms with E-state index in [1.54, 1.807) is 25.3 Å². The van der Waals surface area contributed by atoms with Crippen molar-refractivity contribution in [3.8, 4) is 0 Å². The second kappa shape index (κ2) is 8.62. The van der Waals surface area contributed by atoms with E-state index >= 15 is 0 Å². The van der Waals surface area contributed by atoms with Crippen LogP contribution in [0.2, 0.25) is 0 Å². The lowest BCUT2D eigenvalue weighted by molar-refractivity contribution is -0.127. The molecule has 2 N–H and O–H groups in total.